The first-order valence-electron chi connectivity index (χ1n) is 5.57. The van der Waals surface area contributed by atoms with Crippen molar-refractivity contribution in [3.63, 3.8) is 0 Å². The van der Waals surface area contributed by atoms with Crippen LogP contribution < -0.4 is 5.73 Å². The van der Waals surface area contributed by atoms with E-state index in [2.05, 4.69) is 15.2 Å². The van der Waals surface area contributed by atoms with Gasteiger partial charge in [-0.3, -0.25) is 5.10 Å². The average Bonchev–Trinajstić information content (AvgIpc) is 3.03. The molecule has 82 valence electrons. The molecule has 0 amide bonds. The maximum absolute atomic E-state index is 5.89. The maximum atomic E-state index is 5.89. The van der Waals surface area contributed by atoms with Crippen LogP contribution in [0.15, 0.2) is 24.3 Å². The van der Waals surface area contributed by atoms with Crippen LogP contribution in [0.3, 0.4) is 0 Å². The lowest BCUT2D eigenvalue weighted by atomic mass is 10.1. The number of hydrogen-bond acceptors (Lipinski definition) is 3. The van der Waals surface area contributed by atoms with E-state index < -0.39 is 0 Å². The third-order valence-electron chi connectivity index (χ3n) is 2.90. The molecule has 1 aliphatic carbocycles. The van der Waals surface area contributed by atoms with Gasteiger partial charge in [0.2, 0.25) is 0 Å². The predicted molar refractivity (Wildman–Crippen MR) is 62.0 cm³/mol. The molecule has 0 aliphatic heterocycles. The van der Waals surface area contributed by atoms with Gasteiger partial charge in [-0.2, -0.15) is 5.10 Å². The van der Waals surface area contributed by atoms with Crippen LogP contribution in [-0.2, 0) is 6.42 Å². The van der Waals surface area contributed by atoms with Crippen LogP contribution in [-0.4, -0.2) is 15.2 Å². The van der Waals surface area contributed by atoms with Crippen LogP contribution in [0.25, 0.3) is 0 Å². The Labute approximate surface area is 93.9 Å². The summed E-state index contributed by atoms with van der Waals surface area (Å²) in [6.07, 6.45) is 3.18. The van der Waals surface area contributed by atoms with Gasteiger partial charge in [0.25, 0.3) is 0 Å². The second kappa shape index (κ2) is 3.63. The minimum absolute atomic E-state index is 0.595. The first-order valence-corrected chi connectivity index (χ1v) is 5.57. The van der Waals surface area contributed by atoms with Gasteiger partial charge in [-0.1, -0.05) is 18.2 Å². The number of aromatic amines is 1. The molecule has 1 aromatic carbocycles. The largest absolute Gasteiger partial charge is 0.398 e. The highest BCUT2D eigenvalue weighted by molar-refractivity contribution is 5.47. The molecule has 1 heterocycles. The number of para-hydroxylation sites is 1. The summed E-state index contributed by atoms with van der Waals surface area (Å²) in [6, 6.07) is 7.86. The summed E-state index contributed by atoms with van der Waals surface area (Å²) in [5.74, 6) is 2.46. The van der Waals surface area contributed by atoms with Crippen molar-refractivity contribution in [3.8, 4) is 0 Å². The molecule has 1 fully saturated rings. The zero-order valence-corrected chi connectivity index (χ0v) is 8.98. The van der Waals surface area contributed by atoms with Gasteiger partial charge in [0.15, 0.2) is 5.82 Å². The number of nitrogens with one attached hydrogen (secondary N) is 1. The van der Waals surface area contributed by atoms with Gasteiger partial charge >= 0.3 is 0 Å². The fraction of sp³-hybridized carbons (Fsp3) is 0.333. The number of H-pyrrole nitrogens is 1. The monoisotopic (exact) mass is 214 g/mol. The van der Waals surface area contributed by atoms with Crippen LogP contribution in [0.5, 0.6) is 0 Å². The Morgan fingerprint density at radius 3 is 2.88 bits per heavy atom. The molecule has 1 saturated carbocycles. The number of rotatable bonds is 3. The lowest BCUT2D eigenvalue weighted by Gasteiger charge is -2.01. The van der Waals surface area contributed by atoms with E-state index >= 15 is 0 Å². The molecule has 1 aliphatic rings. The van der Waals surface area contributed by atoms with Crippen molar-refractivity contribution in [1.82, 2.24) is 15.2 Å². The van der Waals surface area contributed by atoms with Gasteiger partial charge in [0.1, 0.15) is 5.82 Å². The zero-order chi connectivity index (χ0) is 11.0. The van der Waals surface area contributed by atoms with E-state index in [1.807, 2.05) is 24.3 Å². The Bertz CT molecular complexity index is 499. The molecule has 0 unspecified atom stereocenters. The normalized spacial score (nSPS) is 15.2. The van der Waals surface area contributed by atoms with Crippen molar-refractivity contribution in [1.29, 1.82) is 0 Å². The van der Waals surface area contributed by atoms with Crippen LogP contribution in [0.4, 0.5) is 5.69 Å². The highest BCUT2D eigenvalue weighted by atomic mass is 15.2. The molecular formula is C12H14N4. The number of aromatic nitrogens is 3. The van der Waals surface area contributed by atoms with Crippen LogP contribution in [0, 0.1) is 0 Å². The topological polar surface area (TPSA) is 67.6 Å². The Balaban J connectivity index is 1.80. The smallest absolute Gasteiger partial charge is 0.153 e. The Morgan fingerprint density at radius 1 is 1.31 bits per heavy atom. The summed E-state index contributed by atoms with van der Waals surface area (Å²) >= 11 is 0. The van der Waals surface area contributed by atoms with Crippen molar-refractivity contribution in [2.24, 2.45) is 0 Å². The number of nitrogens with two attached hydrogens (primary N) is 1. The second-order valence-corrected chi connectivity index (χ2v) is 4.29. The van der Waals surface area contributed by atoms with E-state index in [1.165, 1.54) is 12.8 Å². The Morgan fingerprint density at radius 2 is 2.12 bits per heavy atom. The average molecular weight is 214 g/mol. The van der Waals surface area contributed by atoms with Gasteiger partial charge in [-0.25, -0.2) is 4.98 Å². The summed E-state index contributed by atoms with van der Waals surface area (Å²) in [5.41, 5.74) is 7.80. The number of benzene rings is 1. The van der Waals surface area contributed by atoms with Crippen molar-refractivity contribution in [2.75, 3.05) is 5.73 Å². The van der Waals surface area contributed by atoms with E-state index in [0.29, 0.717) is 5.92 Å². The van der Waals surface area contributed by atoms with Crippen molar-refractivity contribution in [3.05, 3.63) is 41.5 Å². The highest BCUT2D eigenvalue weighted by Gasteiger charge is 2.27. The van der Waals surface area contributed by atoms with Crippen molar-refractivity contribution < 1.29 is 0 Å². The molecule has 3 rings (SSSR count). The first-order chi connectivity index (χ1) is 7.83. The maximum Gasteiger partial charge on any atom is 0.153 e. The molecule has 0 bridgehead atoms. The van der Waals surface area contributed by atoms with Gasteiger partial charge in [-0.05, 0) is 24.5 Å². The van der Waals surface area contributed by atoms with Crippen LogP contribution in [0.2, 0.25) is 0 Å². The first kappa shape index (κ1) is 9.39. The minimum Gasteiger partial charge on any atom is -0.398 e. The lowest BCUT2D eigenvalue weighted by molar-refractivity contribution is 0.932. The number of hydrogen-bond donors (Lipinski definition) is 2. The Hall–Kier alpha value is -1.84. The van der Waals surface area contributed by atoms with Crippen molar-refractivity contribution >= 4 is 5.69 Å². The molecule has 0 radical (unpaired) electrons. The lowest BCUT2D eigenvalue weighted by Crippen LogP contribution is -1.96. The summed E-state index contributed by atoms with van der Waals surface area (Å²) in [5, 5.41) is 7.21. The third kappa shape index (κ3) is 1.78. The van der Waals surface area contributed by atoms with E-state index in [1.54, 1.807) is 0 Å². The molecule has 3 N–H and O–H groups in total. The molecule has 4 heteroatoms. The quantitative estimate of drug-likeness (QED) is 0.766. The standard InChI is InChI=1S/C12H14N4/c13-10-4-2-1-3-9(10)7-11-14-12(16-15-11)8-5-6-8/h1-4,8H,5-7,13H2,(H,14,15,16). The summed E-state index contributed by atoms with van der Waals surface area (Å²) in [7, 11) is 0. The Kier molecular flexibility index (Phi) is 2.13. The SMILES string of the molecule is Nc1ccccc1Cc1nc(C2CC2)n[nH]1. The molecule has 1 aromatic heterocycles. The number of anilines is 1. The van der Waals surface area contributed by atoms with Crippen LogP contribution in [0.1, 0.15) is 36.0 Å². The summed E-state index contributed by atoms with van der Waals surface area (Å²) in [6.45, 7) is 0. The number of nitrogens with zero attached hydrogens (tertiary/aromatic N) is 2. The predicted octanol–water partition coefficient (Wildman–Crippen LogP) is 1.86. The third-order valence-corrected chi connectivity index (χ3v) is 2.90. The summed E-state index contributed by atoms with van der Waals surface area (Å²) in [4.78, 5) is 4.49. The van der Waals surface area contributed by atoms with E-state index in [0.717, 1.165) is 29.3 Å². The van der Waals surface area contributed by atoms with E-state index in [9.17, 15) is 0 Å². The highest BCUT2D eigenvalue weighted by Crippen LogP contribution is 2.37. The second-order valence-electron chi connectivity index (χ2n) is 4.29. The molecule has 4 nitrogen and oxygen atoms in total. The van der Waals surface area contributed by atoms with Gasteiger partial charge in [0.05, 0.1) is 0 Å². The zero-order valence-electron chi connectivity index (χ0n) is 8.98. The van der Waals surface area contributed by atoms with E-state index in [4.69, 9.17) is 5.73 Å². The van der Waals surface area contributed by atoms with Gasteiger partial charge in [0, 0.05) is 18.0 Å². The van der Waals surface area contributed by atoms with Gasteiger partial charge < -0.3 is 5.73 Å². The van der Waals surface area contributed by atoms with Crippen LogP contribution >= 0.6 is 0 Å². The summed E-state index contributed by atoms with van der Waals surface area (Å²) < 4.78 is 0. The fourth-order valence-electron chi connectivity index (χ4n) is 1.79. The molecule has 0 atom stereocenters. The molecule has 2 aromatic rings. The number of nitrogen functional groups attached to an aromatic ring is 1. The van der Waals surface area contributed by atoms with Crippen molar-refractivity contribution in [2.45, 2.75) is 25.2 Å². The minimum atomic E-state index is 0.595. The molecule has 0 spiro atoms. The molecule has 0 saturated heterocycles. The fourth-order valence-corrected chi connectivity index (χ4v) is 1.79. The van der Waals surface area contributed by atoms with Gasteiger partial charge in [-0.15, -0.1) is 0 Å². The molecule has 16 heavy (non-hydrogen) atoms. The van der Waals surface area contributed by atoms with E-state index in [-0.39, 0.29) is 0 Å². The molecular weight excluding hydrogens is 200 g/mol.